The van der Waals surface area contributed by atoms with Crippen molar-refractivity contribution < 1.29 is 4.74 Å². The number of hydrogen-bond acceptors (Lipinski definition) is 1. The molecule has 11 heavy (non-hydrogen) atoms. The second-order valence-corrected chi connectivity index (χ2v) is 3.04. The lowest BCUT2D eigenvalue weighted by atomic mass is 10.3. The molecule has 0 amide bonds. The van der Waals surface area contributed by atoms with Crippen LogP contribution in [0.2, 0.25) is 0 Å². The Labute approximate surface area is 68.8 Å². The second-order valence-electron chi connectivity index (χ2n) is 3.04. The summed E-state index contributed by atoms with van der Waals surface area (Å²) < 4.78 is 5.64. The van der Waals surface area contributed by atoms with Crippen molar-refractivity contribution in [1.82, 2.24) is 0 Å². The molecule has 1 rings (SSSR count). The molecule has 0 saturated heterocycles. The Morgan fingerprint density at radius 2 is 2.09 bits per heavy atom. The number of hydrogen-bond donors (Lipinski definition) is 0. The number of ether oxygens (including phenoxy) is 1. The van der Waals surface area contributed by atoms with E-state index in [4.69, 9.17) is 4.74 Å². The van der Waals surface area contributed by atoms with Crippen molar-refractivity contribution in [3.8, 4) is 0 Å². The first-order valence-electron chi connectivity index (χ1n) is 4.29. The van der Waals surface area contributed by atoms with Crippen molar-refractivity contribution in [2.45, 2.75) is 38.7 Å². The maximum absolute atomic E-state index is 5.64. The topological polar surface area (TPSA) is 9.23 Å². The predicted octanol–water partition coefficient (Wildman–Crippen LogP) is 3.04. The molecule has 0 aromatic carbocycles. The van der Waals surface area contributed by atoms with E-state index >= 15 is 0 Å². The van der Waals surface area contributed by atoms with Gasteiger partial charge in [-0.15, -0.1) is 0 Å². The SMILES string of the molecule is C=C/C=C(\C)OC1CCCC1. The van der Waals surface area contributed by atoms with Gasteiger partial charge in [-0.3, -0.25) is 0 Å². The van der Waals surface area contributed by atoms with Crippen LogP contribution in [-0.2, 0) is 4.74 Å². The Balaban J connectivity index is 2.28. The second kappa shape index (κ2) is 4.22. The molecule has 1 saturated carbocycles. The van der Waals surface area contributed by atoms with Crippen LogP contribution in [0.4, 0.5) is 0 Å². The summed E-state index contributed by atoms with van der Waals surface area (Å²) in [6, 6.07) is 0. The molecule has 1 aliphatic rings. The Hall–Kier alpha value is -0.720. The molecule has 0 unspecified atom stereocenters. The third kappa shape index (κ3) is 2.79. The van der Waals surface area contributed by atoms with Crippen LogP contribution in [0.1, 0.15) is 32.6 Å². The van der Waals surface area contributed by atoms with E-state index in [-0.39, 0.29) is 0 Å². The van der Waals surface area contributed by atoms with Gasteiger partial charge in [0.15, 0.2) is 0 Å². The van der Waals surface area contributed by atoms with Crippen LogP contribution in [-0.4, -0.2) is 6.10 Å². The van der Waals surface area contributed by atoms with Crippen LogP contribution in [0.3, 0.4) is 0 Å². The molecule has 0 radical (unpaired) electrons. The third-order valence-corrected chi connectivity index (χ3v) is 2.01. The first kappa shape index (κ1) is 8.38. The van der Waals surface area contributed by atoms with E-state index in [0.29, 0.717) is 6.10 Å². The summed E-state index contributed by atoms with van der Waals surface area (Å²) in [6.07, 6.45) is 9.26. The molecule has 1 heteroatoms. The predicted molar refractivity (Wildman–Crippen MR) is 47.3 cm³/mol. The molecule has 0 aliphatic heterocycles. The van der Waals surface area contributed by atoms with Gasteiger partial charge in [0.1, 0.15) is 0 Å². The summed E-state index contributed by atoms with van der Waals surface area (Å²) in [5.41, 5.74) is 0. The molecular formula is C10H16O. The van der Waals surface area contributed by atoms with E-state index < -0.39 is 0 Å². The zero-order valence-electron chi connectivity index (χ0n) is 7.18. The first-order chi connectivity index (χ1) is 5.33. The fraction of sp³-hybridized carbons (Fsp3) is 0.600. The van der Waals surface area contributed by atoms with Gasteiger partial charge in [-0.2, -0.15) is 0 Å². The van der Waals surface area contributed by atoms with E-state index in [1.54, 1.807) is 6.08 Å². The standard InChI is InChI=1S/C10H16O/c1-3-6-9(2)11-10-7-4-5-8-10/h3,6,10H,1,4-5,7-8H2,2H3/b9-6+. The first-order valence-corrected chi connectivity index (χ1v) is 4.29. The maximum atomic E-state index is 5.64. The van der Waals surface area contributed by atoms with E-state index in [9.17, 15) is 0 Å². The minimum atomic E-state index is 0.478. The fourth-order valence-electron chi connectivity index (χ4n) is 1.47. The van der Waals surface area contributed by atoms with Gasteiger partial charge in [0.25, 0.3) is 0 Å². The van der Waals surface area contributed by atoms with Crippen molar-refractivity contribution in [2.75, 3.05) is 0 Å². The van der Waals surface area contributed by atoms with Crippen molar-refractivity contribution in [2.24, 2.45) is 0 Å². The Morgan fingerprint density at radius 3 is 2.64 bits per heavy atom. The zero-order chi connectivity index (χ0) is 8.10. The summed E-state index contributed by atoms with van der Waals surface area (Å²) in [5, 5.41) is 0. The summed E-state index contributed by atoms with van der Waals surface area (Å²) in [6.45, 7) is 5.60. The van der Waals surface area contributed by atoms with Gasteiger partial charge in [0.05, 0.1) is 11.9 Å². The molecule has 0 heterocycles. The molecule has 0 N–H and O–H groups in total. The van der Waals surface area contributed by atoms with Crippen LogP contribution in [0.15, 0.2) is 24.5 Å². The molecule has 0 aromatic heterocycles. The van der Waals surface area contributed by atoms with Crippen molar-refractivity contribution in [3.63, 3.8) is 0 Å². The lowest BCUT2D eigenvalue weighted by molar-refractivity contribution is 0.123. The number of rotatable bonds is 3. The van der Waals surface area contributed by atoms with Gasteiger partial charge in [-0.1, -0.05) is 12.7 Å². The highest BCUT2D eigenvalue weighted by Crippen LogP contribution is 2.22. The van der Waals surface area contributed by atoms with E-state index in [1.165, 1.54) is 25.7 Å². The van der Waals surface area contributed by atoms with Crippen LogP contribution in [0, 0.1) is 0 Å². The molecule has 0 aromatic rings. The van der Waals surface area contributed by atoms with Gasteiger partial charge in [-0.05, 0) is 38.7 Å². The fourth-order valence-corrected chi connectivity index (χ4v) is 1.47. The molecule has 0 spiro atoms. The smallest absolute Gasteiger partial charge is 0.0982 e. The average molecular weight is 152 g/mol. The Bertz CT molecular complexity index is 152. The Morgan fingerprint density at radius 1 is 1.45 bits per heavy atom. The zero-order valence-corrected chi connectivity index (χ0v) is 7.18. The van der Waals surface area contributed by atoms with Crippen LogP contribution in [0.25, 0.3) is 0 Å². The van der Waals surface area contributed by atoms with Gasteiger partial charge in [0, 0.05) is 0 Å². The van der Waals surface area contributed by atoms with Gasteiger partial charge in [0.2, 0.25) is 0 Å². The quantitative estimate of drug-likeness (QED) is 0.446. The molecule has 1 aliphatic carbocycles. The van der Waals surface area contributed by atoms with E-state index in [2.05, 4.69) is 6.58 Å². The van der Waals surface area contributed by atoms with Gasteiger partial charge < -0.3 is 4.74 Å². The van der Waals surface area contributed by atoms with E-state index in [1.807, 2.05) is 13.0 Å². The monoisotopic (exact) mass is 152 g/mol. The minimum absolute atomic E-state index is 0.478. The summed E-state index contributed by atoms with van der Waals surface area (Å²) in [4.78, 5) is 0. The summed E-state index contributed by atoms with van der Waals surface area (Å²) >= 11 is 0. The number of allylic oxidation sites excluding steroid dienone is 3. The highest BCUT2D eigenvalue weighted by atomic mass is 16.5. The minimum Gasteiger partial charge on any atom is -0.495 e. The lowest BCUT2D eigenvalue weighted by Crippen LogP contribution is -2.05. The molecule has 1 nitrogen and oxygen atoms in total. The van der Waals surface area contributed by atoms with Crippen molar-refractivity contribution in [1.29, 1.82) is 0 Å². The largest absolute Gasteiger partial charge is 0.495 e. The summed E-state index contributed by atoms with van der Waals surface area (Å²) in [5.74, 6) is 0.993. The third-order valence-electron chi connectivity index (χ3n) is 2.01. The molecule has 1 fully saturated rings. The lowest BCUT2D eigenvalue weighted by Gasteiger charge is -2.12. The average Bonchev–Trinajstić information content (AvgIpc) is 2.40. The molecular weight excluding hydrogens is 136 g/mol. The van der Waals surface area contributed by atoms with Gasteiger partial charge in [-0.25, -0.2) is 0 Å². The van der Waals surface area contributed by atoms with Crippen molar-refractivity contribution in [3.05, 3.63) is 24.5 Å². The summed E-state index contributed by atoms with van der Waals surface area (Å²) in [7, 11) is 0. The maximum Gasteiger partial charge on any atom is 0.0982 e. The van der Waals surface area contributed by atoms with Crippen LogP contribution in [0.5, 0.6) is 0 Å². The van der Waals surface area contributed by atoms with Gasteiger partial charge >= 0.3 is 0 Å². The Kier molecular flexibility index (Phi) is 3.21. The highest BCUT2D eigenvalue weighted by Gasteiger charge is 2.15. The van der Waals surface area contributed by atoms with Crippen molar-refractivity contribution >= 4 is 0 Å². The normalized spacial score (nSPS) is 20.3. The molecule has 0 bridgehead atoms. The van der Waals surface area contributed by atoms with Crippen LogP contribution < -0.4 is 0 Å². The van der Waals surface area contributed by atoms with E-state index in [0.717, 1.165) is 5.76 Å². The van der Waals surface area contributed by atoms with Crippen LogP contribution >= 0.6 is 0 Å². The molecule has 62 valence electrons. The molecule has 0 atom stereocenters. The highest BCUT2D eigenvalue weighted by molar-refractivity contribution is 5.02.